The van der Waals surface area contributed by atoms with Crippen molar-refractivity contribution in [2.24, 2.45) is 11.8 Å². The largest absolute Gasteiger partial charge is 0.325 e. The molecule has 0 saturated carbocycles. The standard InChI is InChI=1S/C25H33N3O2S/c1-19(2)17-25(21-10-13-27(14-11-21)18-20-7-4-3-5-8-20)23(29)28(24(30)26-25)15-12-22-9-6-16-31-22/h3-9,16,19,21H,10-15,17-18H2,1-2H3,(H,26,30)/t25-/m1/s1. The quantitative estimate of drug-likeness (QED) is 0.615. The Morgan fingerprint density at radius 3 is 2.48 bits per heavy atom. The van der Waals surface area contributed by atoms with E-state index in [9.17, 15) is 9.59 Å². The number of hydrogen-bond donors (Lipinski definition) is 1. The number of piperidine rings is 1. The fraction of sp³-hybridized carbons (Fsp3) is 0.520. The van der Waals surface area contributed by atoms with Crippen LogP contribution in [0.25, 0.3) is 0 Å². The zero-order valence-corrected chi connectivity index (χ0v) is 19.4. The average molecular weight is 440 g/mol. The lowest BCUT2D eigenvalue weighted by Crippen LogP contribution is -2.56. The first kappa shape index (κ1) is 22.0. The van der Waals surface area contributed by atoms with E-state index >= 15 is 0 Å². The molecule has 4 rings (SSSR count). The van der Waals surface area contributed by atoms with E-state index in [1.54, 1.807) is 11.3 Å². The fourth-order valence-electron chi connectivity index (χ4n) is 5.18. The minimum absolute atomic E-state index is 0.00994. The van der Waals surface area contributed by atoms with Gasteiger partial charge < -0.3 is 5.32 Å². The number of likely N-dealkylation sites (tertiary alicyclic amines) is 1. The van der Waals surface area contributed by atoms with Crippen LogP contribution >= 0.6 is 11.3 Å². The SMILES string of the molecule is CC(C)C[C@]1(C2CCN(Cc3ccccc3)CC2)NC(=O)N(CCc2cccs2)C1=O. The molecule has 1 N–H and O–H groups in total. The Balaban J connectivity index is 1.44. The zero-order chi connectivity index (χ0) is 21.8. The van der Waals surface area contributed by atoms with E-state index in [4.69, 9.17) is 0 Å². The molecule has 3 amide bonds. The molecule has 2 fully saturated rings. The Morgan fingerprint density at radius 1 is 1.10 bits per heavy atom. The number of nitrogens with zero attached hydrogens (tertiary/aromatic N) is 2. The molecule has 2 aliphatic heterocycles. The van der Waals surface area contributed by atoms with Gasteiger partial charge in [-0.1, -0.05) is 50.2 Å². The number of urea groups is 1. The normalized spacial score (nSPS) is 23.0. The fourth-order valence-corrected chi connectivity index (χ4v) is 5.87. The Morgan fingerprint density at radius 2 is 1.84 bits per heavy atom. The molecule has 2 aromatic rings. The number of rotatable bonds is 8. The van der Waals surface area contributed by atoms with Crippen molar-refractivity contribution >= 4 is 23.3 Å². The van der Waals surface area contributed by atoms with E-state index in [-0.39, 0.29) is 17.9 Å². The van der Waals surface area contributed by atoms with Gasteiger partial charge in [0, 0.05) is 18.0 Å². The van der Waals surface area contributed by atoms with Crippen molar-refractivity contribution in [2.45, 2.75) is 51.6 Å². The van der Waals surface area contributed by atoms with Crippen LogP contribution < -0.4 is 5.32 Å². The lowest BCUT2D eigenvalue weighted by atomic mass is 9.73. The molecule has 0 unspecified atom stereocenters. The van der Waals surface area contributed by atoms with Crippen molar-refractivity contribution in [3.63, 3.8) is 0 Å². The van der Waals surface area contributed by atoms with Crippen molar-refractivity contribution < 1.29 is 9.59 Å². The van der Waals surface area contributed by atoms with E-state index < -0.39 is 5.54 Å². The molecular weight excluding hydrogens is 406 g/mol. The highest BCUT2D eigenvalue weighted by molar-refractivity contribution is 7.09. The minimum atomic E-state index is -0.750. The van der Waals surface area contributed by atoms with E-state index in [2.05, 4.69) is 54.4 Å². The third-order valence-electron chi connectivity index (χ3n) is 6.63. The third kappa shape index (κ3) is 4.85. The van der Waals surface area contributed by atoms with Gasteiger partial charge in [0.25, 0.3) is 5.91 Å². The number of hydrogen-bond acceptors (Lipinski definition) is 4. The molecule has 5 nitrogen and oxygen atoms in total. The summed E-state index contributed by atoms with van der Waals surface area (Å²) in [5.74, 6) is 0.512. The van der Waals surface area contributed by atoms with Gasteiger partial charge in [-0.25, -0.2) is 4.79 Å². The monoisotopic (exact) mass is 439 g/mol. The van der Waals surface area contributed by atoms with Gasteiger partial charge in [-0.05, 0) is 67.6 Å². The van der Waals surface area contributed by atoms with Crippen LogP contribution in [0.15, 0.2) is 47.8 Å². The number of carbonyl (C=O) groups is 2. The Hall–Kier alpha value is -2.18. The van der Waals surface area contributed by atoms with Crippen LogP contribution in [0, 0.1) is 11.8 Å². The number of benzene rings is 1. The number of carbonyl (C=O) groups excluding carboxylic acids is 2. The van der Waals surface area contributed by atoms with Crippen molar-refractivity contribution in [3.05, 3.63) is 58.3 Å². The Labute approximate surface area is 189 Å². The number of amides is 3. The van der Waals surface area contributed by atoms with Gasteiger partial charge in [0.05, 0.1) is 0 Å². The van der Waals surface area contributed by atoms with Crippen LogP contribution in [0.2, 0.25) is 0 Å². The molecule has 1 aromatic heterocycles. The van der Waals surface area contributed by atoms with Gasteiger partial charge in [0.15, 0.2) is 0 Å². The second kappa shape index (κ2) is 9.53. The Kier molecular flexibility index (Phi) is 6.77. The molecule has 0 spiro atoms. The maximum Gasteiger partial charge on any atom is 0.325 e. The molecule has 2 aliphatic rings. The maximum atomic E-state index is 13.6. The summed E-state index contributed by atoms with van der Waals surface area (Å²) in [6.07, 6.45) is 3.30. The third-order valence-corrected chi connectivity index (χ3v) is 7.56. The van der Waals surface area contributed by atoms with Crippen LogP contribution in [0.5, 0.6) is 0 Å². The molecule has 31 heavy (non-hydrogen) atoms. The summed E-state index contributed by atoms with van der Waals surface area (Å²) in [7, 11) is 0. The summed E-state index contributed by atoms with van der Waals surface area (Å²) in [6.45, 7) is 7.59. The summed E-state index contributed by atoms with van der Waals surface area (Å²) in [6, 6.07) is 14.4. The topological polar surface area (TPSA) is 52.7 Å². The summed E-state index contributed by atoms with van der Waals surface area (Å²) >= 11 is 1.67. The summed E-state index contributed by atoms with van der Waals surface area (Å²) < 4.78 is 0. The molecule has 0 bridgehead atoms. The predicted molar refractivity (Wildman–Crippen MR) is 125 cm³/mol. The van der Waals surface area contributed by atoms with Gasteiger partial charge in [-0.3, -0.25) is 14.6 Å². The Bertz CT molecular complexity index is 875. The highest BCUT2D eigenvalue weighted by Crippen LogP contribution is 2.38. The highest BCUT2D eigenvalue weighted by Gasteiger charge is 2.55. The second-order valence-electron chi connectivity index (χ2n) is 9.32. The average Bonchev–Trinajstić information content (AvgIpc) is 3.35. The van der Waals surface area contributed by atoms with Crippen LogP contribution in [-0.4, -0.2) is 46.9 Å². The van der Waals surface area contributed by atoms with E-state index in [1.165, 1.54) is 15.3 Å². The van der Waals surface area contributed by atoms with E-state index in [0.29, 0.717) is 18.9 Å². The van der Waals surface area contributed by atoms with Crippen molar-refractivity contribution in [3.8, 4) is 0 Å². The molecule has 1 aromatic carbocycles. The number of thiophene rings is 1. The van der Waals surface area contributed by atoms with Crippen LogP contribution in [-0.2, 0) is 17.8 Å². The van der Waals surface area contributed by atoms with Gasteiger partial charge in [0.1, 0.15) is 5.54 Å². The smallest absolute Gasteiger partial charge is 0.323 e. The zero-order valence-electron chi connectivity index (χ0n) is 18.5. The van der Waals surface area contributed by atoms with Crippen molar-refractivity contribution in [1.29, 1.82) is 0 Å². The van der Waals surface area contributed by atoms with Gasteiger partial charge in [0.2, 0.25) is 0 Å². The molecule has 6 heteroatoms. The minimum Gasteiger partial charge on any atom is -0.323 e. The summed E-state index contributed by atoms with van der Waals surface area (Å²) in [5.41, 5.74) is 0.572. The molecule has 0 radical (unpaired) electrons. The van der Waals surface area contributed by atoms with Crippen molar-refractivity contribution in [2.75, 3.05) is 19.6 Å². The summed E-state index contributed by atoms with van der Waals surface area (Å²) in [4.78, 5) is 31.7. The maximum absolute atomic E-state index is 13.6. The molecule has 0 aliphatic carbocycles. The van der Waals surface area contributed by atoms with Gasteiger partial charge >= 0.3 is 6.03 Å². The van der Waals surface area contributed by atoms with Crippen molar-refractivity contribution in [1.82, 2.24) is 15.1 Å². The van der Waals surface area contributed by atoms with E-state index in [1.807, 2.05) is 17.5 Å². The van der Waals surface area contributed by atoms with E-state index in [0.717, 1.165) is 38.9 Å². The lowest BCUT2D eigenvalue weighted by Gasteiger charge is -2.41. The number of nitrogens with one attached hydrogen (secondary N) is 1. The second-order valence-corrected chi connectivity index (χ2v) is 10.4. The van der Waals surface area contributed by atoms with Crippen LogP contribution in [0.1, 0.15) is 43.6 Å². The van der Waals surface area contributed by atoms with Gasteiger partial charge in [-0.2, -0.15) is 0 Å². The molecule has 3 heterocycles. The molecule has 1 atom stereocenters. The first-order chi connectivity index (χ1) is 15.0. The van der Waals surface area contributed by atoms with Crippen LogP contribution in [0.3, 0.4) is 0 Å². The number of imide groups is 1. The predicted octanol–water partition coefficient (Wildman–Crippen LogP) is 4.54. The highest BCUT2D eigenvalue weighted by atomic mass is 32.1. The molecule has 2 saturated heterocycles. The van der Waals surface area contributed by atoms with Crippen LogP contribution in [0.4, 0.5) is 4.79 Å². The first-order valence-electron chi connectivity index (χ1n) is 11.4. The molecular formula is C25H33N3O2S. The lowest BCUT2D eigenvalue weighted by molar-refractivity contribution is -0.134. The first-order valence-corrected chi connectivity index (χ1v) is 12.3. The molecule has 166 valence electrons. The van der Waals surface area contributed by atoms with Gasteiger partial charge in [-0.15, -0.1) is 11.3 Å². The summed E-state index contributed by atoms with van der Waals surface area (Å²) in [5, 5.41) is 5.22.